The van der Waals surface area contributed by atoms with E-state index >= 15 is 0 Å². The third-order valence-corrected chi connectivity index (χ3v) is 12.2. The highest BCUT2D eigenvalue weighted by molar-refractivity contribution is 6.01. The van der Waals surface area contributed by atoms with Gasteiger partial charge in [-0.15, -0.1) is 0 Å². The van der Waals surface area contributed by atoms with Crippen molar-refractivity contribution in [2.75, 3.05) is 7.11 Å². The number of esters is 1. The number of nitrogens with one attached hydrogen (secondary N) is 10. The zero-order chi connectivity index (χ0) is 62.1. The summed E-state index contributed by atoms with van der Waals surface area (Å²) in [5, 5.41) is 26.8. The zero-order valence-electron chi connectivity index (χ0n) is 52.1. The average molecular weight is 1120 g/mol. The Kier molecular flexibility index (Phi) is 27.7. The Balaban J connectivity index is 6.36. The van der Waals surface area contributed by atoms with Crippen molar-refractivity contribution in [1.29, 1.82) is 0 Å². The Bertz CT molecular complexity index is 2160. The van der Waals surface area contributed by atoms with E-state index in [4.69, 9.17) is 9.47 Å². The van der Waals surface area contributed by atoms with Crippen molar-refractivity contribution in [2.45, 2.75) is 255 Å². The minimum atomic E-state index is -1.68. The van der Waals surface area contributed by atoms with Gasteiger partial charge in [0, 0.05) is 0 Å². The van der Waals surface area contributed by atoms with Gasteiger partial charge in [-0.2, -0.15) is 0 Å². The standard InChI is InChI=1S/C56H102N10O13/c1-30(2)25-35(57-46(73)53(16,17)63-42(69)37(27-32(5)6)59-48(75)55(20,21)65-44(71)39(29-34(9)10)61-50(77)79-51(11,12)13)40(67)62-52(14,15)45(72)58-36(26-31(3)4)41(68)64-54(18,19)47(74)60-38(28-33(7)8)43(70)66-56(22,23)49(76)78-24/h30-39H,25-29H2,1-24H3,(H,57,73)(H,58,72)(H,59,75)(H,60,74)(H,61,77)(H,62,67)(H,63,69)(H,64,68)(H,65,71)(H,66,70)/t35-,36-,37-,38-,39-/m0/s1. The Hall–Kier alpha value is -6.03. The first-order valence-electron chi connectivity index (χ1n) is 27.5. The van der Waals surface area contributed by atoms with Crippen LogP contribution in [0.15, 0.2) is 0 Å². The molecular formula is C56H102N10O13. The maximum absolute atomic E-state index is 14.1. The van der Waals surface area contributed by atoms with Crippen LogP contribution in [0, 0.1) is 29.6 Å². The number of hydrogen-bond donors (Lipinski definition) is 10. The molecule has 0 bridgehead atoms. The molecule has 10 N–H and O–H groups in total. The smallest absolute Gasteiger partial charge is 0.408 e. The summed E-state index contributed by atoms with van der Waals surface area (Å²) in [4.78, 5) is 150. The molecule has 0 rings (SSSR count). The van der Waals surface area contributed by atoms with Crippen molar-refractivity contribution in [3.63, 3.8) is 0 Å². The molecular weight excluding hydrogens is 1020 g/mol. The molecule has 0 saturated carbocycles. The monoisotopic (exact) mass is 1120 g/mol. The lowest BCUT2D eigenvalue weighted by atomic mass is 9.95. The van der Waals surface area contributed by atoms with Crippen LogP contribution in [0.4, 0.5) is 4.79 Å². The van der Waals surface area contributed by atoms with Crippen LogP contribution in [0.3, 0.4) is 0 Å². The normalized spacial score (nSPS) is 14.4. The fourth-order valence-corrected chi connectivity index (χ4v) is 7.83. The van der Waals surface area contributed by atoms with Gasteiger partial charge in [-0.25, -0.2) is 9.59 Å². The van der Waals surface area contributed by atoms with Crippen LogP contribution < -0.4 is 53.2 Å². The van der Waals surface area contributed by atoms with Crippen molar-refractivity contribution >= 4 is 65.2 Å². The fourth-order valence-electron chi connectivity index (χ4n) is 7.83. The van der Waals surface area contributed by atoms with Crippen molar-refractivity contribution in [3.05, 3.63) is 0 Å². The number of rotatable bonds is 30. The van der Waals surface area contributed by atoms with Crippen LogP contribution >= 0.6 is 0 Å². The third-order valence-electron chi connectivity index (χ3n) is 12.2. The highest BCUT2D eigenvalue weighted by Gasteiger charge is 2.42. The van der Waals surface area contributed by atoms with Crippen LogP contribution in [0.5, 0.6) is 0 Å². The van der Waals surface area contributed by atoms with Crippen LogP contribution in [0.2, 0.25) is 0 Å². The van der Waals surface area contributed by atoms with Crippen molar-refractivity contribution in [2.24, 2.45) is 29.6 Å². The first-order chi connectivity index (χ1) is 35.6. The molecule has 23 nitrogen and oxygen atoms in total. The highest BCUT2D eigenvalue weighted by atomic mass is 16.6. The van der Waals surface area contributed by atoms with E-state index < -0.39 is 129 Å². The molecule has 0 spiro atoms. The van der Waals surface area contributed by atoms with Gasteiger partial charge >= 0.3 is 12.1 Å². The molecule has 0 aromatic heterocycles. The molecule has 0 aliphatic heterocycles. The van der Waals surface area contributed by atoms with Gasteiger partial charge in [0.2, 0.25) is 53.2 Å². The van der Waals surface area contributed by atoms with Crippen molar-refractivity contribution in [3.8, 4) is 0 Å². The third kappa shape index (κ3) is 26.2. The van der Waals surface area contributed by atoms with Crippen LogP contribution in [-0.4, -0.2) is 136 Å². The Morgan fingerprint density at radius 3 is 0.684 bits per heavy atom. The summed E-state index contributed by atoms with van der Waals surface area (Å²) >= 11 is 0. The second-order valence-electron chi connectivity index (χ2n) is 26.5. The molecule has 23 heteroatoms. The SMILES string of the molecule is COC(=O)C(C)(C)NC(=O)[C@H](CC(C)C)NC(=O)C(C)(C)NC(=O)[C@H](CC(C)C)NC(=O)C(C)(C)NC(=O)[C@H](CC(C)C)NC(=O)C(C)(C)NC(=O)[C@H](CC(C)C)NC(=O)C(C)(C)NC(=O)[C@H](CC(C)C)NC(=O)OC(C)(C)C. The Morgan fingerprint density at radius 1 is 0.316 bits per heavy atom. The van der Waals surface area contributed by atoms with Gasteiger partial charge in [-0.1, -0.05) is 69.2 Å². The average Bonchev–Trinajstić information content (AvgIpc) is 3.25. The molecule has 0 aliphatic carbocycles. The summed E-state index contributed by atoms with van der Waals surface area (Å²) in [6.45, 7) is 37.9. The first-order valence-corrected chi connectivity index (χ1v) is 27.5. The largest absolute Gasteiger partial charge is 0.467 e. The topological polar surface area (TPSA) is 327 Å². The minimum absolute atomic E-state index is 0.0228. The predicted octanol–water partition coefficient (Wildman–Crippen LogP) is 3.70. The van der Waals surface area contributed by atoms with E-state index in [0.717, 1.165) is 0 Å². The number of alkyl carbamates (subject to hydrolysis) is 1. The zero-order valence-corrected chi connectivity index (χ0v) is 52.1. The van der Waals surface area contributed by atoms with E-state index in [1.54, 1.807) is 20.8 Å². The first kappa shape index (κ1) is 73.0. The van der Waals surface area contributed by atoms with Gasteiger partial charge < -0.3 is 62.6 Å². The van der Waals surface area contributed by atoms with Crippen LogP contribution in [0.1, 0.15) is 191 Å². The van der Waals surface area contributed by atoms with E-state index in [2.05, 4.69) is 53.2 Å². The lowest BCUT2D eigenvalue weighted by Gasteiger charge is -2.34. The fraction of sp³-hybridized carbons (Fsp3) is 0.804. The Morgan fingerprint density at radius 2 is 0.506 bits per heavy atom. The van der Waals surface area contributed by atoms with E-state index in [-0.39, 0.29) is 61.7 Å². The molecule has 0 radical (unpaired) electrons. The number of hydrogen-bond acceptors (Lipinski definition) is 13. The molecule has 0 fully saturated rings. The van der Waals surface area contributed by atoms with Gasteiger partial charge in [-0.05, 0) is 152 Å². The molecule has 0 unspecified atom stereocenters. The van der Waals surface area contributed by atoms with Crippen LogP contribution in [-0.2, 0) is 57.4 Å². The van der Waals surface area contributed by atoms with Crippen molar-refractivity contribution < 1.29 is 62.2 Å². The molecule has 0 heterocycles. The van der Waals surface area contributed by atoms with E-state index in [9.17, 15) is 52.7 Å². The summed E-state index contributed by atoms with van der Waals surface area (Å²) in [7, 11) is 1.19. The van der Waals surface area contributed by atoms with E-state index in [0.29, 0.717) is 0 Å². The molecule has 454 valence electrons. The van der Waals surface area contributed by atoms with Gasteiger partial charge in [0.05, 0.1) is 7.11 Å². The molecule has 0 saturated heterocycles. The summed E-state index contributed by atoms with van der Waals surface area (Å²) in [5.41, 5.74) is -8.79. The molecule has 0 aromatic carbocycles. The van der Waals surface area contributed by atoms with Crippen LogP contribution in [0.25, 0.3) is 0 Å². The Labute approximate surface area is 470 Å². The molecule has 79 heavy (non-hydrogen) atoms. The number of carbonyl (C=O) groups excluding carboxylic acids is 11. The maximum Gasteiger partial charge on any atom is 0.408 e. The maximum atomic E-state index is 14.1. The quantitative estimate of drug-likeness (QED) is 0.0460. The lowest BCUT2D eigenvalue weighted by Crippen LogP contribution is -2.66. The minimum Gasteiger partial charge on any atom is -0.467 e. The summed E-state index contributed by atoms with van der Waals surface area (Å²) in [6, 6.07) is -5.75. The summed E-state index contributed by atoms with van der Waals surface area (Å²) < 4.78 is 10.1. The number of amides is 10. The second-order valence-corrected chi connectivity index (χ2v) is 26.5. The number of ether oxygens (including phenoxy) is 2. The number of methoxy groups -OCH3 is 1. The van der Waals surface area contributed by atoms with Gasteiger partial charge in [-0.3, -0.25) is 43.2 Å². The summed E-state index contributed by atoms with van der Waals surface area (Å²) in [6.07, 6.45) is -0.00171. The second kappa shape index (κ2) is 30.0. The van der Waals surface area contributed by atoms with E-state index in [1.807, 2.05) is 69.2 Å². The van der Waals surface area contributed by atoms with E-state index in [1.165, 1.54) is 76.3 Å². The predicted molar refractivity (Wildman–Crippen MR) is 301 cm³/mol. The summed E-state index contributed by atoms with van der Waals surface area (Å²) in [5.74, 6) is -7.63. The molecule has 0 aromatic rings. The van der Waals surface area contributed by atoms with Gasteiger partial charge in [0.1, 0.15) is 63.5 Å². The molecule has 10 amide bonds. The lowest BCUT2D eigenvalue weighted by molar-refractivity contribution is -0.149. The van der Waals surface area contributed by atoms with Gasteiger partial charge in [0.25, 0.3) is 0 Å². The van der Waals surface area contributed by atoms with Crippen molar-refractivity contribution in [1.82, 2.24) is 53.2 Å². The molecule has 0 aliphatic rings. The van der Waals surface area contributed by atoms with Gasteiger partial charge in [0.15, 0.2) is 0 Å². The molecule has 5 atom stereocenters. The number of carbonyl (C=O) groups is 11. The highest BCUT2D eigenvalue weighted by Crippen LogP contribution is 2.18.